The molecule has 114 valence electrons. The van der Waals surface area contributed by atoms with Crippen molar-refractivity contribution in [1.82, 2.24) is 0 Å². The van der Waals surface area contributed by atoms with Crippen LogP contribution in [0.15, 0.2) is 24.3 Å². The maximum Gasteiger partial charge on any atom is 0.416 e. The van der Waals surface area contributed by atoms with E-state index in [4.69, 9.17) is 4.74 Å². The minimum atomic E-state index is -4.41. The Morgan fingerprint density at radius 1 is 1.43 bits per heavy atom. The molecular weight excluding hydrogens is 398 g/mol. The zero-order valence-corrected chi connectivity index (χ0v) is 13.5. The van der Waals surface area contributed by atoms with E-state index < -0.39 is 17.8 Å². The van der Waals surface area contributed by atoms with E-state index in [1.165, 1.54) is 18.1 Å². The fraction of sp³-hybridized carbons (Fsp3) is 0.357. The lowest BCUT2D eigenvalue weighted by Crippen LogP contribution is -2.41. The highest BCUT2D eigenvalue weighted by molar-refractivity contribution is 14.1. The van der Waals surface area contributed by atoms with Gasteiger partial charge in [-0.15, -0.1) is 0 Å². The summed E-state index contributed by atoms with van der Waals surface area (Å²) in [5, 5.41) is 0. The third-order valence-corrected chi connectivity index (χ3v) is 4.24. The first-order chi connectivity index (χ1) is 9.79. The molecule has 1 aliphatic heterocycles. The first-order valence-electron chi connectivity index (χ1n) is 6.25. The average Bonchev–Trinajstić information content (AvgIpc) is 2.44. The molecule has 0 bridgehead atoms. The smallest absolute Gasteiger partial charge is 0.416 e. The molecule has 1 amide bonds. The summed E-state index contributed by atoms with van der Waals surface area (Å²) in [6.07, 6.45) is -2.57. The highest BCUT2D eigenvalue weighted by atomic mass is 127. The van der Waals surface area contributed by atoms with Crippen molar-refractivity contribution in [3.05, 3.63) is 35.4 Å². The number of nitrogens with zero attached hydrogens (tertiary/aromatic N) is 1. The summed E-state index contributed by atoms with van der Waals surface area (Å²) in [6.45, 7) is 1.90. The second kappa shape index (κ2) is 5.86. The van der Waals surface area contributed by atoms with Gasteiger partial charge < -0.3 is 4.74 Å². The summed E-state index contributed by atoms with van der Waals surface area (Å²) >= 11 is 1.99. The van der Waals surface area contributed by atoms with Crippen LogP contribution >= 0.6 is 22.6 Å². The Morgan fingerprint density at radius 2 is 2.10 bits per heavy atom. The molecule has 0 radical (unpaired) electrons. The maximum atomic E-state index is 12.8. The number of fused-ring (bicyclic) bond motifs is 1. The van der Waals surface area contributed by atoms with Crippen LogP contribution in [0.4, 0.5) is 23.7 Å². The Hall–Kier alpha value is -1.25. The van der Waals surface area contributed by atoms with Crippen LogP contribution in [0.3, 0.4) is 0 Å². The van der Waals surface area contributed by atoms with Crippen molar-refractivity contribution in [1.29, 1.82) is 0 Å². The normalized spacial score (nSPS) is 18.1. The SMILES string of the molecule is CCC1C=C(I)c2cc(C(F)(F)F)ccc2N1C(=O)OC. The number of amides is 1. The fourth-order valence-electron chi connectivity index (χ4n) is 2.26. The van der Waals surface area contributed by atoms with Crippen molar-refractivity contribution in [2.24, 2.45) is 0 Å². The first-order valence-corrected chi connectivity index (χ1v) is 7.33. The average molecular weight is 411 g/mol. The van der Waals surface area contributed by atoms with Gasteiger partial charge in [0.15, 0.2) is 0 Å². The second-order valence-electron chi connectivity index (χ2n) is 4.56. The number of rotatable bonds is 1. The van der Waals surface area contributed by atoms with Gasteiger partial charge in [0, 0.05) is 9.14 Å². The van der Waals surface area contributed by atoms with Gasteiger partial charge in [0.25, 0.3) is 0 Å². The largest absolute Gasteiger partial charge is 0.452 e. The van der Waals surface area contributed by atoms with Gasteiger partial charge in [0.05, 0.1) is 24.4 Å². The fourth-order valence-corrected chi connectivity index (χ4v) is 3.11. The van der Waals surface area contributed by atoms with Gasteiger partial charge in [0.2, 0.25) is 0 Å². The Balaban J connectivity index is 2.58. The van der Waals surface area contributed by atoms with Gasteiger partial charge in [-0.05, 0) is 53.3 Å². The van der Waals surface area contributed by atoms with Crippen molar-refractivity contribution in [2.45, 2.75) is 25.6 Å². The molecule has 2 rings (SSSR count). The number of halogens is 4. The summed E-state index contributed by atoms with van der Waals surface area (Å²) < 4.78 is 43.9. The summed E-state index contributed by atoms with van der Waals surface area (Å²) in [6, 6.07) is 3.14. The number of methoxy groups -OCH3 is 1. The molecule has 0 fully saturated rings. The van der Waals surface area contributed by atoms with E-state index in [0.717, 1.165) is 12.1 Å². The number of alkyl halides is 3. The Morgan fingerprint density at radius 3 is 2.62 bits per heavy atom. The predicted molar refractivity (Wildman–Crippen MR) is 82.4 cm³/mol. The van der Waals surface area contributed by atoms with E-state index in [-0.39, 0.29) is 6.04 Å². The Bertz CT molecular complexity index is 598. The zero-order valence-electron chi connectivity index (χ0n) is 11.4. The van der Waals surface area contributed by atoms with Gasteiger partial charge in [-0.2, -0.15) is 13.2 Å². The van der Waals surface area contributed by atoms with Crippen molar-refractivity contribution >= 4 is 38.0 Å². The van der Waals surface area contributed by atoms with Gasteiger partial charge in [-0.1, -0.05) is 6.92 Å². The number of hydrogen-bond donors (Lipinski definition) is 0. The topological polar surface area (TPSA) is 29.5 Å². The molecule has 1 atom stereocenters. The van der Waals surface area contributed by atoms with Crippen molar-refractivity contribution in [3.8, 4) is 0 Å². The van der Waals surface area contributed by atoms with Crippen LogP contribution < -0.4 is 4.90 Å². The molecule has 7 heteroatoms. The van der Waals surface area contributed by atoms with E-state index in [2.05, 4.69) is 0 Å². The third-order valence-electron chi connectivity index (χ3n) is 3.30. The molecule has 0 saturated heterocycles. The van der Waals surface area contributed by atoms with Crippen LogP contribution in [0.2, 0.25) is 0 Å². The lowest BCUT2D eigenvalue weighted by atomic mass is 9.99. The molecule has 0 aliphatic carbocycles. The van der Waals surface area contributed by atoms with Gasteiger partial charge >= 0.3 is 12.3 Å². The highest BCUT2D eigenvalue weighted by Crippen LogP contribution is 2.42. The molecule has 1 aliphatic rings. The highest BCUT2D eigenvalue weighted by Gasteiger charge is 2.35. The van der Waals surface area contributed by atoms with Crippen LogP contribution in [-0.2, 0) is 10.9 Å². The monoisotopic (exact) mass is 411 g/mol. The van der Waals surface area contributed by atoms with Gasteiger partial charge in [-0.25, -0.2) is 4.79 Å². The summed E-state index contributed by atoms with van der Waals surface area (Å²) in [5.74, 6) is 0. The van der Waals surface area contributed by atoms with Gasteiger partial charge in [-0.3, -0.25) is 4.90 Å². The molecule has 1 aromatic carbocycles. The van der Waals surface area contributed by atoms with Crippen LogP contribution in [0.25, 0.3) is 3.58 Å². The molecule has 1 heterocycles. The summed E-state index contributed by atoms with van der Waals surface area (Å²) in [7, 11) is 1.25. The molecule has 0 saturated carbocycles. The molecule has 1 aromatic rings. The molecule has 0 N–H and O–H groups in total. The number of hydrogen-bond acceptors (Lipinski definition) is 2. The maximum absolute atomic E-state index is 12.8. The van der Waals surface area contributed by atoms with E-state index in [9.17, 15) is 18.0 Å². The minimum Gasteiger partial charge on any atom is -0.452 e. The summed E-state index contributed by atoms with van der Waals surface area (Å²) in [4.78, 5) is 13.3. The summed E-state index contributed by atoms with van der Waals surface area (Å²) in [5.41, 5.74) is 0.0951. The zero-order chi connectivity index (χ0) is 15.8. The minimum absolute atomic E-state index is 0.228. The molecule has 21 heavy (non-hydrogen) atoms. The molecular formula is C14H13F3INO2. The van der Waals surface area contributed by atoms with Crippen molar-refractivity contribution in [2.75, 3.05) is 12.0 Å². The molecule has 0 aromatic heterocycles. The standard InChI is InChI=1S/C14H13F3INO2/c1-3-9-7-11(18)10-6-8(14(15,16)17)4-5-12(10)19(9)13(20)21-2/h4-7,9H,3H2,1-2H3. The van der Waals surface area contributed by atoms with Gasteiger partial charge in [0.1, 0.15) is 0 Å². The lowest BCUT2D eigenvalue weighted by Gasteiger charge is -2.33. The van der Waals surface area contributed by atoms with Crippen LogP contribution in [0.5, 0.6) is 0 Å². The first kappa shape index (κ1) is 16.1. The van der Waals surface area contributed by atoms with Crippen molar-refractivity contribution < 1.29 is 22.7 Å². The quantitative estimate of drug-likeness (QED) is 0.619. The number of ether oxygens (including phenoxy) is 1. The number of carbonyl (C=O) groups excluding carboxylic acids is 1. The van der Waals surface area contributed by atoms with Crippen LogP contribution in [0.1, 0.15) is 24.5 Å². The number of benzene rings is 1. The van der Waals surface area contributed by atoms with Crippen LogP contribution in [-0.4, -0.2) is 19.2 Å². The third kappa shape index (κ3) is 3.02. The molecule has 1 unspecified atom stereocenters. The van der Waals surface area contributed by atoms with E-state index in [1.54, 1.807) is 6.08 Å². The van der Waals surface area contributed by atoms with Crippen LogP contribution in [0, 0.1) is 0 Å². The Kier molecular flexibility index (Phi) is 4.50. The lowest BCUT2D eigenvalue weighted by molar-refractivity contribution is -0.137. The van der Waals surface area contributed by atoms with E-state index >= 15 is 0 Å². The van der Waals surface area contributed by atoms with Crippen molar-refractivity contribution in [3.63, 3.8) is 0 Å². The predicted octanol–water partition coefficient (Wildman–Crippen LogP) is 4.85. The van der Waals surface area contributed by atoms with E-state index in [1.807, 2.05) is 29.5 Å². The second-order valence-corrected chi connectivity index (χ2v) is 5.72. The van der Waals surface area contributed by atoms with E-state index in [0.29, 0.717) is 21.3 Å². The number of carbonyl (C=O) groups is 1. The molecule has 0 spiro atoms. The molecule has 3 nitrogen and oxygen atoms in total. The number of anilines is 1. The Labute approximate surface area is 133 Å².